The topological polar surface area (TPSA) is 63.6 Å². The molecule has 0 spiro atoms. The van der Waals surface area contributed by atoms with Gasteiger partial charge in [-0.3, -0.25) is 9.67 Å². The van der Waals surface area contributed by atoms with Crippen molar-refractivity contribution < 1.29 is 0 Å². The summed E-state index contributed by atoms with van der Waals surface area (Å²) in [6.45, 7) is 1.88. The van der Waals surface area contributed by atoms with Crippen LogP contribution in [0.2, 0.25) is 0 Å². The molecular formula is C7H8N4O. The minimum absolute atomic E-state index is 0.342. The molecule has 62 valence electrons. The average Bonchev–Trinajstić information content (AvgIpc) is 2.28. The van der Waals surface area contributed by atoms with E-state index >= 15 is 0 Å². The third-order valence-electron chi connectivity index (χ3n) is 1.80. The fourth-order valence-corrected chi connectivity index (χ4v) is 1.23. The van der Waals surface area contributed by atoms with E-state index in [9.17, 15) is 4.79 Å². The van der Waals surface area contributed by atoms with Gasteiger partial charge in [-0.2, -0.15) is 5.10 Å². The van der Waals surface area contributed by atoms with Crippen LogP contribution in [-0.2, 0) is 7.05 Å². The molecule has 5 heteroatoms. The average molecular weight is 164 g/mol. The monoisotopic (exact) mass is 164 g/mol. The second-order valence-electron chi connectivity index (χ2n) is 2.66. The zero-order valence-corrected chi connectivity index (χ0v) is 6.83. The van der Waals surface area contributed by atoms with Crippen molar-refractivity contribution in [3.8, 4) is 0 Å². The molecule has 1 N–H and O–H groups in total. The Balaban J connectivity index is 3.00. The molecule has 0 saturated heterocycles. The van der Waals surface area contributed by atoms with Crippen LogP contribution in [0, 0.1) is 6.92 Å². The molecule has 0 aliphatic rings. The molecule has 2 aromatic rings. The minimum Gasteiger partial charge on any atom is -0.290 e. The number of aromatic nitrogens is 4. The molecule has 12 heavy (non-hydrogen) atoms. The van der Waals surface area contributed by atoms with E-state index in [-0.39, 0.29) is 5.69 Å². The van der Waals surface area contributed by atoms with Crippen molar-refractivity contribution in [1.29, 1.82) is 0 Å². The number of rotatable bonds is 0. The molecule has 0 atom stereocenters. The summed E-state index contributed by atoms with van der Waals surface area (Å²) in [5.74, 6) is 0. The molecule has 0 saturated carbocycles. The summed E-state index contributed by atoms with van der Waals surface area (Å²) >= 11 is 0. The summed E-state index contributed by atoms with van der Waals surface area (Å²) in [7, 11) is 1.78. The summed E-state index contributed by atoms with van der Waals surface area (Å²) in [5, 5.41) is 5.02. The molecule has 2 heterocycles. The highest BCUT2D eigenvalue weighted by atomic mass is 16.1. The van der Waals surface area contributed by atoms with Gasteiger partial charge in [0.25, 0.3) is 0 Å². The fourth-order valence-electron chi connectivity index (χ4n) is 1.23. The molecule has 0 unspecified atom stereocenters. The molecule has 0 bridgehead atoms. The molecule has 2 rings (SSSR count). The maximum Gasteiger partial charge on any atom is 0.346 e. The van der Waals surface area contributed by atoms with Crippen LogP contribution in [0.3, 0.4) is 0 Å². The maximum atomic E-state index is 10.8. The highest BCUT2D eigenvalue weighted by molar-refractivity contribution is 5.76. The summed E-state index contributed by atoms with van der Waals surface area (Å²) in [4.78, 5) is 17.1. The third kappa shape index (κ3) is 0.827. The number of aryl methyl sites for hydroxylation is 2. The van der Waals surface area contributed by atoms with Crippen LogP contribution in [0.25, 0.3) is 11.0 Å². The lowest BCUT2D eigenvalue weighted by atomic mass is 10.3. The Labute approximate surface area is 68.1 Å². The number of nitrogens with one attached hydrogen (secondary N) is 1. The first-order chi connectivity index (χ1) is 5.68. The van der Waals surface area contributed by atoms with Crippen LogP contribution in [0.1, 0.15) is 5.69 Å². The van der Waals surface area contributed by atoms with E-state index in [2.05, 4.69) is 15.1 Å². The van der Waals surface area contributed by atoms with Crippen molar-refractivity contribution in [3.05, 3.63) is 22.4 Å². The Morgan fingerprint density at radius 2 is 2.33 bits per heavy atom. The zero-order chi connectivity index (χ0) is 8.72. The van der Waals surface area contributed by atoms with Crippen LogP contribution < -0.4 is 5.69 Å². The number of hydrogen-bond acceptors (Lipinski definition) is 3. The van der Waals surface area contributed by atoms with Gasteiger partial charge < -0.3 is 0 Å². The number of aromatic amines is 1. The van der Waals surface area contributed by atoms with Crippen molar-refractivity contribution in [1.82, 2.24) is 19.7 Å². The smallest absolute Gasteiger partial charge is 0.290 e. The van der Waals surface area contributed by atoms with Crippen molar-refractivity contribution in [2.24, 2.45) is 7.05 Å². The van der Waals surface area contributed by atoms with Gasteiger partial charge in [-0.1, -0.05) is 0 Å². The fraction of sp³-hybridized carbons (Fsp3) is 0.286. The Bertz CT molecular complexity index is 482. The molecule has 0 radical (unpaired) electrons. The maximum absolute atomic E-state index is 10.8. The quantitative estimate of drug-likeness (QED) is 0.594. The second kappa shape index (κ2) is 2.17. The van der Waals surface area contributed by atoms with Gasteiger partial charge >= 0.3 is 5.69 Å². The summed E-state index contributed by atoms with van der Waals surface area (Å²) in [6, 6.07) is 0. The van der Waals surface area contributed by atoms with Crippen LogP contribution in [0.15, 0.2) is 11.0 Å². The Kier molecular flexibility index (Phi) is 1.27. The molecule has 2 aromatic heterocycles. The van der Waals surface area contributed by atoms with Crippen molar-refractivity contribution >= 4 is 11.0 Å². The van der Waals surface area contributed by atoms with E-state index in [1.807, 2.05) is 6.92 Å². The molecule has 5 nitrogen and oxygen atoms in total. The standard InChI is InChI=1S/C7H8N4O/c1-4-5-3-8-7(12)9-6(5)11(2)10-4/h3H,1-2H3,(H,8,9,12). The van der Waals surface area contributed by atoms with Gasteiger partial charge in [0.05, 0.1) is 11.1 Å². The van der Waals surface area contributed by atoms with Crippen LogP contribution in [0.4, 0.5) is 0 Å². The Morgan fingerprint density at radius 3 is 3.08 bits per heavy atom. The van der Waals surface area contributed by atoms with Gasteiger partial charge in [0.1, 0.15) is 5.65 Å². The van der Waals surface area contributed by atoms with Gasteiger partial charge in [0, 0.05) is 13.2 Å². The molecule has 0 aliphatic heterocycles. The number of H-pyrrole nitrogens is 1. The van der Waals surface area contributed by atoms with Crippen LogP contribution >= 0.6 is 0 Å². The second-order valence-corrected chi connectivity index (χ2v) is 2.66. The summed E-state index contributed by atoms with van der Waals surface area (Å²) in [6.07, 6.45) is 1.54. The predicted molar refractivity (Wildman–Crippen MR) is 43.9 cm³/mol. The Morgan fingerprint density at radius 1 is 1.58 bits per heavy atom. The first-order valence-electron chi connectivity index (χ1n) is 3.57. The zero-order valence-electron chi connectivity index (χ0n) is 6.83. The highest BCUT2D eigenvalue weighted by Gasteiger charge is 2.04. The van der Waals surface area contributed by atoms with Crippen molar-refractivity contribution in [3.63, 3.8) is 0 Å². The third-order valence-corrected chi connectivity index (χ3v) is 1.80. The minimum atomic E-state index is -0.342. The summed E-state index contributed by atoms with van der Waals surface area (Å²) in [5.41, 5.74) is 1.24. The molecule has 0 amide bonds. The van der Waals surface area contributed by atoms with E-state index in [1.54, 1.807) is 11.7 Å². The largest absolute Gasteiger partial charge is 0.346 e. The lowest BCUT2D eigenvalue weighted by Crippen LogP contribution is -2.09. The van der Waals surface area contributed by atoms with Gasteiger partial charge in [-0.05, 0) is 6.92 Å². The van der Waals surface area contributed by atoms with E-state index < -0.39 is 0 Å². The number of fused-ring (bicyclic) bond motifs is 1. The molecule has 0 fully saturated rings. The Hall–Kier alpha value is -1.65. The lowest BCUT2D eigenvalue weighted by Gasteiger charge is -1.90. The molecular weight excluding hydrogens is 156 g/mol. The van der Waals surface area contributed by atoms with E-state index in [0.717, 1.165) is 11.1 Å². The SMILES string of the molecule is Cc1nn(C)c2[nH]c(=O)ncc12. The van der Waals surface area contributed by atoms with Gasteiger partial charge in [0.15, 0.2) is 0 Å². The van der Waals surface area contributed by atoms with Crippen LogP contribution in [0.5, 0.6) is 0 Å². The highest BCUT2D eigenvalue weighted by Crippen LogP contribution is 2.10. The lowest BCUT2D eigenvalue weighted by molar-refractivity contribution is 0.771. The van der Waals surface area contributed by atoms with Crippen molar-refractivity contribution in [2.45, 2.75) is 6.92 Å². The molecule has 0 aliphatic carbocycles. The first-order valence-corrected chi connectivity index (χ1v) is 3.57. The first kappa shape index (κ1) is 7.02. The number of nitrogens with zero attached hydrogens (tertiary/aromatic N) is 3. The summed E-state index contributed by atoms with van der Waals surface area (Å²) < 4.78 is 1.63. The van der Waals surface area contributed by atoms with Crippen LogP contribution in [-0.4, -0.2) is 19.7 Å². The van der Waals surface area contributed by atoms with Gasteiger partial charge in [0.2, 0.25) is 0 Å². The molecule has 0 aromatic carbocycles. The van der Waals surface area contributed by atoms with E-state index in [4.69, 9.17) is 0 Å². The number of hydrogen-bond donors (Lipinski definition) is 1. The van der Waals surface area contributed by atoms with E-state index in [0.29, 0.717) is 5.65 Å². The normalized spacial score (nSPS) is 10.8. The predicted octanol–water partition coefficient (Wildman–Crippen LogP) is -0.0350. The van der Waals surface area contributed by atoms with Gasteiger partial charge in [-0.25, -0.2) is 9.78 Å². The van der Waals surface area contributed by atoms with E-state index in [1.165, 1.54) is 6.20 Å². The van der Waals surface area contributed by atoms with Gasteiger partial charge in [-0.15, -0.1) is 0 Å². The van der Waals surface area contributed by atoms with Crippen molar-refractivity contribution in [2.75, 3.05) is 0 Å².